The molecule has 0 fully saturated rings. The van der Waals surface area contributed by atoms with Crippen molar-refractivity contribution in [1.82, 2.24) is 0 Å². The molecule has 0 unspecified atom stereocenters. The molecule has 1 aliphatic heterocycles. The smallest absolute Gasteiger partial charge is 0.180 e. The molecule has 0 saturated carbocycles. The van der Waals surface area contributed by atoms with Crippen LogP contribution in [0, 0.1) is 6.92 Å². The van der Waals surface area contributed by atoms with Gasteiger partial charge in [0.2, 0.25) is 0 Å². The van der Waals surface area contributed by atoms with Gasteiger partial charge in [0, 0.05) is 18.5 Å². The maximum absolute atomic E-state index is 6.20. The molecule has 1 aliphatic rings. The van der Waals surface area contributed by atoms with Crippen molar-refractivity contribution in [3.63, 3.8) is 0 Å². The number of hydrogen-bond donors (Lipinski definition) is 1. The average Bonchev–Trinajstić information content (AvgIpc) is 2.58. The molecule has 0 bridgehead atoms. The second kappa shape index (κ2) is 5.43. The number of fused-ring (bicyclic) bond motifs is 1. The zero-order valence-corrected chi connectivity index (χ0v) is 10.6. The molecule has 2 rings (SSSR count). The molecule has 1 heterocycles. The van der Waals surface area contributed by atoms with Gasteiger partial charge in [-0.05, 0) is 18.6 Å². The first-order valence-corrected chi connectivity index (χ1v) is 6.07. The minimum absolute atomic E-state index is 0.505. The van der Waals surface area contributed by atoms with E-state index >= 15 is 0 Å². The van der Waals surface area contributed by atoms with Gasteiger partial charge >= 0.3 is 0 Å². The van der Waals surface area contributed by atoms with Crippen LogP contribution in [0.2, 0.25) is 5.02 Å². The molecule has 0 radical (unpaired) electrons. The summed E-state index contributed by atoms with van der Waals surface area (Å²) < 4.78 is 11.3. The fourth-order valence-electron chi connectivity index (χ4n) is 1.80. The highest BCUT2D eigenvalue weighted by atomic mass is 35.5. The van der Waals surface area contributed by atoms with Crippen LogP contribution in [-0.4, -0.2) is 19.8 Å². The predicted octanol–water partition coefficient (Wildman–Crippen LogP) is 2.78. The van der Waals surface area contributed by atoms with Crippen LogP contribution in [0.15, 0.2) is 12.1 Å². The first-order chi connectivity index (χ1) is 8.24. The van der Waals surface area contributed by atoms with Crippen molar-refractivity contribution in [2.24, 2.45) is 5.73 Å². The minimum atomic E-state index is 0.505. The molecule has 3 nitrogen and oxygen atoms in total. The molecule has 92 valence electrons. The third-order valence-electron chi connectivity index (χ3n) is 2.69. The summed E-state index contributed by atoms with van der Waals surface area (Å²) in [6, 6.07) is 1.89. The predicted molar refractivity (Wildman–Crippen MR) is 69.9 cm³/mol. The number of nitrogens with two attached hydrogens (primary N) is 1. The van der Waals surface area contributed by atoms with Crippen LogP contribution in [0.4, 0.5) is 0 Å². The van der Waals surface area contributed by atoms with E-state index in [4.69, 9.17) is 26.8 Å². The van der Waals surface area contributed by atoms with E-state index in [9.17, 15) is 0 Å². The Hall–Kier alpha value is -1.19. The second-order valence-electron chi connectivity index (χ2n) is 3.92. The molecule has 17 heavy (non-hydrogen) atoms. The van der Waals surface area contributed by atoms with Crippen LogP contribution in [0.25, 0.3) is 6.08 Å². The Labute approximate surface area is 106 Å². The van der Waals surface area contributed by atoms with Gasteiger partial charge in [-0.2, -0.15) is 0 Å². The van der Waals surface area contributed by atoms with Crippen molar-refractivity contribution in [1.29, 1.82) is 0 Å². The standard InChI is InChI=1S/C13H16ClNO2/c1-9-10(4-2-5-15)8-11(14)13-12(9)16-6-3-7-17-13/h2,4,8H,3,5-7,15H2,1H3/b4-2+. The molecule has 2 N–H and O–H groups in total. The molecule has 1 aromatic carbocycles. The molecular weight excluding hydrogens is 238 g/mol. The van der Waals surface area contributed by atoms with E-state index in [1.807, 2.05) is 25.1 Å². The van der Waals surface area contributed by atoms with E-state index < -0.39 is 0 Å². The lowest BCUT2D eigenvalue weighted by Gasteiger charge is -2.14. The van der Waals surface area contributed by atoms with Crippen LogP contribution in [0.3, 0.4) is 0 Å². The van der Waals surface area contributed by atoms with E-state index in [2.05, 4.69) is 0 Å². The maximum Gasteiger partial charge on any atom is 0.180 e. The summed E-state index contributed by atoms with van der Waals surface area (Å²) in [5, 5.41) is 0.587. The molecular formula is C13H16ClNO2. The van der Waals surface area contributed by atoms with Crippen LogP contribution >= 0.6 is 11.6 Å². The van der Waals surface area contributed by atoms with Gasteiger partial charge in [0.25, 0.3) is 0 Å². The van der Waals surface area contributed by atoms with Gasteiger partial charge in [-0.3, -0.25) is 0 Å². The molecule has 0 amide bonds. The summed E-state index contributed by atoms with van der Waals surface area (Å²) in [4.78, 5) is 0. The van der Waals surface area contributed by atoms with Crippen LogP contribution in [-0.2, 0) is 0 Å². The number of rotatable bonds is 2. The Bertz CT molecular complexity index is 444. The van der Waals surface area contributed by atoms with Crippen molar-refractivity contribution in [2.45, 2.75) is 13.3 Å². The molecule has 1 aromatic rings. The van der Waals surface area contributed by atoms with Gasteiger partial charge in [-0.1, -0.05) is 23.8 Å². The average molecular weight is 254 g/mol. The summed E-state index contributed by atoms with van der Waals surface area (Å²) >= 11 is 6.20. The summed E-state index contributed by atoms with van der Waals surface area (Å²) in [5.41, 5.74) is 7.51. The molecule has 0 aromatic heterocycles. The topological polar surface area (TPSA) is 44.5 Å². The minimum Gasteiger partial charge on any atom is -0.489 e. The van der Waals surface area contributed by atoms with E-state index in [1.54, 1.807) is 0 Å². The summed E-state index contributed by atoms with van der Waals surface area (Å²) in [7, 11) is 0. The Morgan fingerprint density at radius 3 is 2.76 bits per heavy atom. The van der Waals surface area contributed by atoms with Crippen molar-refractivity contribution < 1.29 is 9.47 Å². The number of hydrogen-bond acceptors (Lipinski definition) is 3. The van der Waals surface area contributed by atoms with E-state index in [0.29, 0.717) is 30.5 Å². The van der Waals surface area contributed by atoms with E-state index in [1.165, 1.54) is 0 Å². The largest absolute Gasteiger partial charge is 0.489 e. The zero-order valence-electron chi connectivity index (χ0n) is 9.83. The van der Waals surface area contributed by atoms with E-state index in [-0.39, 0.29) is 0 Å². The Kier molecular flexibility index (Phi) is 3.92. The Morgan fingerprint density at radius 1 is 1.35 bits per heavy atom. The molecule has 0 aliphatic carbocycles. The van der Waals surface area contributed by atoms with Gasteiger partial charge < -0.3 is 15.2 Å². The molecule has 0 spiro atoms. The highest BCUT2D eigenvalue weighted by Crippen LogP contribution is 2.41. The fraction of sp³-hybridized carbons (Fsp3) is 0.385. The quantitative estimate of drug-likeness (QED) is 0.882. The van der Waals surface area contributed by atoms with Crippen LogP contribution in [0.1, 0.15) is 17.5 Å². The molecule has 4 heteroatoms. The van der Waals surface area contributed by atoms with Gasteiger partial charge in [-0.15, -0.1) is 0 Å². The third kappa shape index (κ3) is 2.56. The number of benzene rings is 1. The Balaban J connectivity index is 2.48. The normalized spacial score (nSPS) is 15.0. The third-order valence-corrected chi connectivity index (χ3v) is 2.97. The lowest BCUT2D eigenvalue weighted by Crippen LogP contribution is -1.98. The second-order valence-corrected chi connectivity index (χ2v) is 4.33. The lowest BCUT2D eigenvalue weighted by atomic mass is 10.1. The monoisotopic (exact) mass is 253 g/mol. The zero-order chi connectivity index (χ0) is 12.3. The van der Waals surface area contributed by atoms with Crippen molar-refractivity contribution in [2.75, 3.05) is 19.8 Å². The van der Waals surface area contributed by atoms with E-state index in [0.717, 1.165) is 23.3 Å². The highest BCUT2D eigenvalue weighted by molar-refractivity contribution is 6.32. The number of ether oxygens (including phenoxy) is 2. The van der Waals surface area contributed by atoms with Crippen molar-refractivity contribution in [3.05, 3.63) is 28.3 Å². The number of halogens is 1. The highest BCUT2D eigenvalue weighted by Gasteiger charge is 2.18. The van der Waals surface area contributed by atoms with Crippen molar-refractivity contribution in [3.8, 4) is 11.5 Å². The maximum atomic E-state index is 6.20. The summed E-state index contributed by atoms with van der Waals surface area (Å²) in [5.74, 6) is 1.42. The van der Waals surface area contributed by atoms with Crippen LogP contribution in [0.5, 0.6) is 11.5 Å². The van der Waals surface area contributed by atoms with Gasteiger partial charge in [-0.25, -0.2) is 0 Å². The molecule has 0 atom stereocenters. The van der Waals surface area contributed by atoms with Crippen LogP contribution < -0.4 is 15.2 Å². The Morgan fingerprint density at radius 2 is 2.06 bits per heavy atom. The van der Waals surface area contributed by atoms with Gasteiger partial charge in [0.05, 0.1) is 18.2 Å². The van der Waals surface area contributed by atoms with Crippen molar-refractivity contribution >= 4 is 17.7 Å². The first kappa shape index (κ1) is 12.3. The SMILES string of the molecule is Cc1c(/C=C/CN)cc(Cl)c2c1OCCCO2. The fourth-order valence-corrected chi connectivity index (χ4v) is 2.06. The van der Waals surface area contributed by atoms with Gasteiger partial charge in [0.1, 0.15) is 0 Å². The summed E-state index contributed by atoms with van der Waals surface area (Å²) in [6.07, 6.45) is 4.72. The first-order valence-electron chi connectivity index (χ1n) is 5.69. The van der Waals surface area contributed by atoms with Gasteiger partial charge in [0.15, 0.2) is 11.5 Å². The summed E-state index contributed by atoms with van der Waals surface area (Å²) in [6.45, 7) is 3.81. The lowest BCUT2D eigenvalue weighted by molar-refractivity contribution is 0.296. The molecule has 0 saturated heterocycles.